The Kier molecular flexibility index (Phi) is 7.56. The lowest BCUT2D eigenvalue weighted by atomic mass is 10.1. The number of thioether (sulfide) groups is 1. The van der Waals surface area contributed by atoms with Gasteiger partial charge in [0.15, 0.2) is 0 Å². The summed E-state index contributed by atoms with van der Waals surface area (Å²) in [5.74, 6) is 1.10. The van der Waals surface area contributed by atoms with E-state index < -0.39 is 0 Å². The predicted octanol–water partition coefficient (Wildman–Crippen LogP) is 5.86. The van der Waals surface area contributed by atoms with Crippen molar-refractivity contribution in [2.45, 2.75) is 33.4 Å². The highest BCUT2D eigenvalue weighted by Gasteiger charge is 2.09. The fourth-order valence-electron chi connectivity index (χ4n) is 3.53. The monoisotopic (exact) mass is 483 g/mol. The molecule has 30 heavy (non-hydrogen) atoms. The first-order valence-electron chi connectivity index (χ1n) is 9.75. The molecule has 0 radical (unpaired) electrons. The molecule has 0 aliphatic carbocycles. The second-order valence-corrected chi connectivity index (χ2v) is 9.32. The molecule has 0 bridgehead atoms. The molecule has 3 rings (SSSR count). The lowest BCUT2D eigenvalue weighted by Gasteiger charge is -2.09. The number of benzene rings is 2. The molecular weight excluding hydrogens is 458 g/mol. The molecule has 1 N–H and O–H groups in total. The van der Waals surface area contributed by atoms with Gasteiger partial charge in [0.05, 0.1) is 12.0 Å². The van der Waals surface area contributed by atoms with Crippen molar-refractivity contribution >= 4 is 39.8 Å². The largest absolute Gasteiger partial charge is 0.318 e. The summed E-state index contributed by atoms with van der Waals surface area (Å²) in [5.41, 5.74) is 10.7. The van der Waals surface area contributed by atoms with E-state index in [4.69, 9.17) is 0 Å². The first kappa shape index (κ1) is 22.4. The maximum absolute atomic E-state index is 12.1. The number of hydrazone groups is 1. The van der Waals surface area contributed by atoms with E-state index in [1.54, 1.807) is 18.0 Å². The van der Waals surface area contributed by atoms with Crippen molar-refractivity contribution in [3.8, 4) is 5.69 Å². The minimum atomic E-state index is -0.0951. The predicted molar refractivity (Wildman–Crippen MR) is 131 cm³/mol. The fraction of sp³-hybridized carbons (Fsp3) is 0.250. The van der Waals surface area contributed by atoms with Gasteiger partial charge in [-0.05, 0) is 63.6 Å². The van der Waals surface area contributed by atoms with Crippen LogP contribution in [0.3, 0.4) is 0 Å². The minimum absolute atomic E-state index is 0.0951. The molecule has 1 heterocycles. The quantitative estimate of drug-likeness (QED) is 0.338. The second-order valence-electron chi connectivity index (χ2n) is 7.42. The molecular formula is C24H26BrN3OS. The van der Waals surface area contributed by atoms with Gasteiger partial charge in [0, 0.05) is 32.9 Å². The van der Waals surface area contributed by atoms with Crippen LogP contribution in [0.2, 0.25) is 0 Å². The Morgan fingerprint density at radius 2 is 1.73 bits per heavy atom. The van der Waals surface area contributed by atoms with Gasteiger partial charge >= 0.3 is 0 Å². The van der Waals surface area contributed by atoms with Gasteiger partial charge in [-0.25, -0.2) is 5.43 Å². The van der Waals surface area contributed by atoms with Crippen molar-refractivity contribution in [1.82, 2.24) is 9.99 Å². The molecule has 0 unspecified atom stereocenters. The Morgan fingerprint density at radius 3 is 2.40 bits per heavy atom. The van der Waals surface area contributed by atoms with Crippen LogP contribution >= 0.6 is 27.7 Å². The van der Waals surface area contributed by atoms with Crippen molar-refractivity contribution in [3.63, 3.8) is 0 Å². The third kappa shape index (κ3) is 5.86. The number of nitrogens with zero attached hydrogens (tertiary/aromatic N) is 2. The van der Waals surface area contributed by atoms with E-state index >= 15 is 0 Å². The lowest BCUT2D eigenvalue weighted by molar-refractivity contribution is -0.118. The van der Waals surface area contributed by atoms with E-state index in [1.807, 2.05) is 12.1 Å². The van der Waals surface area contributed by atoms with Gasteiger partial charge in [-0.2, -0.15) is 5.10 Å². The summed E-state index contributed by atoms with van der Waals surface area (Å²) in [5, 5.41) is 4.16. The van der Waals surface area contributed by atoms with Crippen molar-refractivity contribution < 1.29 is 4.79 Å². The molecule has 6 heteroatoms. The third-order valence-corrected chi connectivity index (χ3v) is 6.26. The number of nitrogens with one attached hydrogen (secondary N) is 1. The Balaban J connectivity index is 1.55. The zero-order chi connectivity index (χ0) is 21.7. The number of rotatable bonds is 7. The minimum Gasteiger partial charge on any atom is -0.318 e. The van der Waals surface area contributed by atoms with Gasteiger partial charge in [-0.1, -0.05) is 45.3 Å². The molecule has 156 valence electrons. The van der Waals surface area contributed by atoms with Crippen molar-refractivity contribution in [2.75, 3.05) is 5.75 Å². The Hall–Kier alpha value is -2.31. The highest BCUT2D eigenvalue weighted by Crippen LogP contribution is 2.21. The first-order valence-corrected chi connectivity index (χ1v) is 11.7. The summed E-state index contributed by atoms with van der Waals surface area (Å²) in [6.07, 6.45) is 1.71. The summed E-state index contributed by atoms with van der Waals surface area (Å²) < 4.78 is 3.23. The van der Waals surface area contributed by atoms with Crippen LogP contribution in [0.1, 0.15) is 33.6 Å². The number of halogens is 1. The third-order valence-electron chi connectivity index (χ3n) is 4.73. The highest BCUT2D eigenvalue weighted by molar-refractivity contribution is 9.10. The topological polar surface area (TPSA) is 46.4 Å². The number of carbonyl (C=O) groups is 1. The fourth-order valence-corrected chi connectivity index (χ4v) is 4.54. The number of hydrogen-bond donors (Lipinski definition) is 1. The van der Waals surface area contributed by atoms with Gasteiger partial charge in [-0.3, -0.25) is 4.79 Å². The smallest absolute Gasteiger partial charge is 0.250 e. The second kappa shape index (κ2) is 10.1. The van der Waals surface area contributed by atoms with Crippen LogP contribution < -0.4 is 5.43 Å². The van der Waals surface area contributed by atoms with Gasteiger partial charge in [0.25, 0.3) is 0 Å². The number of aryl methyl sites for hydroxylation is 3. The highest BCUT2D eigenvalue weighted by atomic mass is 79.9. The zero-order valence-electron chi connectivity index (χ0n) is 17.7. The Labute approximate surface area is 190 Å². The molecule has 4 nitrogen and oxygen atoms in total. The average molecular weight is 484 g/mol. The molecule has 0 fully saturated rings. The van der Waals surface area contributed by atoms with E-state index in [2.05, 4.69) is 95.1 Å². The molecule has 0 spiro atoms. The number of aromatic nitrogens is 1. The van der Waals surface area contributed by atoms with Crippen molar-refractivity contribution in [2.24, 2.45) is 5.10 Å². The van der Waals surface area contributed by atoms with Crippen molar-refractivity contribution in [3.05, 3.63) is 86.6 Å². The summed E-state index contributed by atoms with van der Waals surface area (Å²) in [7, 11) is 0. The maximum atomic E-state index is 12.1. The molecule has 3 aromatic rings. The van der Waals surface area contributed by atoms with Crippen LogP contribution in [0.25, 0.3) is 5.69 Å². The van der Waals surface area contributed by atoms with E-state index in [-0.39, 0.29) is 5.91 Å². The maximum Gasteiger partial charge on any atom is 0.250 e. The number of hydrogen-bond acceptors (Lipinski definition) is 3. The molecule has 0 aliphatic rings. The Morgan fingerprint density at radius 1 is 1.07 bits per heavy atom. The standard InChI is InChI=1S/C24H26BrN3OS/c1-16-9-17(2)11-20(10-16)14-30-15-24(29)27-26-13-21-12-18(3)28(19(21)4)23-7-5-22(25)6-8-23/h5-13H,14-15H2,1-4H3,(H,27,29)/b26-13-. The van der Waals surface area contributed by atoms with Crippen LogP contribution in [-0.4, -0.2) is 22.4 Å². The van der Waals surface area contributed by atoms with E-state index in [0.717, 1.165) is 32.9 Å². The summed E-state index contributed by atoms with van der Waals surface area (Å²) >= 11 is 5.07. The summed E-state index contributed by atoms with van der Waals surface area (Å²) in [6.45, 7) is 8.30. The summed E-state index contributed by atoms with van der Waals surface area (Å²) in [6, 6.07) is 16.7. The normalized spacial score (nSPS) is 11.2. The molecule has 0 saturated carbocycles. The molecule has 0 saturated heterocycles. The SMILES string of the molecule is Cc1cc(C)cc(CSCC(=O)N/N=C\c2cc(C)n(-c3ccc(Br)cc3)c2C)c1. The van der Waals surface area contributed by atoms with Crippen LogP contribution in [-0.2, 0) is 10.5 Å². The van der Waals surface area contributed by atoms with Crippen LogP contribution in [0, 0.1) is 27.7 Å². The molecule has 1 aromatic heterocycles. The van der Waals surface area contributed by atoms with E-state index in [1.165, 1.54) is 16.7 Å². The molecule has 0 aliphatic heterocycles. The van der Waals surface area contributed by atoms with Gasteiger partial charge in [-0.15, -0.1) is 11.8 Å². The molecule has 1 amide bonds. The van der Waals surface area contributed by atoms with Gasteiger partial charge < -0.3 is 4.57 Å². The van der Waals surface area contributed by atoms with Crippen molar-refractivity contribution in [1.29, 1.82) is 0 Å². The van der Waals surface area contributed by atoms with Crippen LogP contribution in [0.5, 0.6) is 0 Å². The van der Waals surface area contributed by atoms with E-state index in [0.29, 0.717) is 5.75 Å². The van der Waals surface area contributed by atoms with Gasteiger partial charge in [0.2, 0.25) is 5.91 Å². The first-order chi connectivity index (χ1) is 14.3. The molecule has 2 aromatic carbocycles. The number of carbonyl (C=O) groups excluding carboxylic acids is 1. The van der Waals surface area contributed by atoms with Crippen LogP contribution in [0.4, 0.5) is 0 Å². The Bertz CT molecular complexity index is 1050. The molecule has 0 atom stereocenters. The van der Waals surface area contributed by atoms with E-state index in [9.17, 15) is 4.79 Å². The van der Waals surface area contributed by atoms with Gasteiger partial charge in [0.1, 0.15) is 0 Å². The zero-order valence-corrected chi connectivity index (χ0v) is 20.1. The summed E-state index contributed by atoms with van der Waals surface area (Å²) in [4.78, 5) is 12.1. The number of amides is 1. The average Bonchev–Trinajstić information content (AvgIpc) is 2.95. The lowest BCUT2D eigenvalue weighted by Crippen LogP contribution is -2.19. The van der Waals surface area contributed by atoms with Crippen LogP contribution in [0.15, 0.2) is 58.1 Å².